The Morgan fingerprint density at radius 3 is 2.49 bits per heavy atom. The van der Waals surface area contributed by atoms with Crippen molar-refractivity contribution < 1.29 is 27.5 Å². The average Bonchev–Trinajstić information content (AvgIpc) is 3.40. The number of nitrogens with zero attached hydrogens (tertiary/aromatic N) is 5. The fraction of sp³-hybridized carbons (Fsp3) is 0.571. The van der Waals surface area contributed by atoms with E-state index in [1.807, 2.05) is 0 Å². The molecule has 41 heavy (non-hydrogen) atoms. The number of ether oxygens (including phenoxy) is 1. The van der Waals surface area contributed by atoms with Crippen LogP contribution in [0, 0.1) is 5.82 Å². The van der Waals surface area contributed by atoms with Crippen LogP contribution < -0.4 is 25.2 Å². The Balaban J connectivity index is 1.40. The number of aromatic nitrogens is 2. The Morgan fingerprint density at radius 2 is 1.85 bits per heavy atom. The molecule has 10 nitrogen and oxygen atoms in total. The summed E-state index contributed by atoms with van der Waals surface area (Å²) >= 11 is 0. The second kappa shape index (κ2) is 10.7. The number of likely N-dealkylation sites (tertiary alicyclic amines) is 1. The van der Waals surface area contributed by atoms with Crippen molar-refractivity contribution in [3.8, 4) is 5.75 Å². The monoisotopic (exact) mass is 575 g/mol. The molecular formula is C28H36F3N7O3. The van der Waals surface area contributed by atoms with Crippen LogP contribution in [0.1, 0.15) is 56.8 Å². The lowest BCUT2D eigenvalue weighted by atomic mass is 9.97. The van der Waals surface area contributed by atoms with Crippen molar-refractivity contribution in [2.75, 3.05) is 48.9 Å². The van der Waals surface area contributed by atoms with Crippen molar-refractivity contribution >= 4 is 35.0 Å². The zero-order valence-electron chi connectivity index (χ0n) is 23.9. The normalized spacial score (nSPS) is 20.0. The molecule has 1 aromatic carbocycles. The number of nitrogens with one attached hydrogen (secondary N) is 2. The molecule has 0 atom stereocenters. The Labute approximate surface area is 237 Å². The summed E-state index contributed by atoms with van der Waals surface area (Å²) < 4.78 is 50.3. The number of methoxy groups -OCH3 is 1. The number of rotatable bonds is 6. The van der Waals surface area contributed by atoms with E-state index in [9.17, 15) is 18.4 Å². The summed E-state index contributed by atoms with van der Waals surface area (Å²) in [6, 6.07) is 2.13. The van der Waals surface area contributed by atoms with Crippen LogP contribution in [-0.4, -0.2) is 84.0 Å². The molecule has 2 fully saturated rings. The van der Waals surface area contributed by atoms with Crippen LogP contribution in [0.3, 0.4) is 0 Å². The Bertz CT molecular complexity index is 1340. The van der Waals surface area contributed by atoms with Gasteiger partial charge in [-0.1, -0.05) is 12.8 Å². The van der Waals surface area contributed by atoms with Crippen molar-refractivity contribution in [2.45, 2.75) is 70.0 Å². The first kappa shape index (κ1) is 28.9. The number of benzene rings is 1. The number of anilines is 4. The summed E-state index contributed by atoms with van der Waals surface area (Å²) in [4.78, 5) is 38.7. The second-order valence-corrected chi connectivity index (χ2v) is 11.9. The van der Waals surface area contributed by atoms with Gasteiger partial charge in [0.05, 0.1) is 37.1 Å². The van der Waals surface area contributed by atoms with E-state index in [0.29, 0.717) is 25.9 Å². The second-order valence-electron chi connectivity index (χ2n) is 11.9. The fourth-order valence-corrected chi connectivity index (χ4v) is 5.60. The highest BCUT2D eigenvalue weighted by atomic mass is 19.3. The lowest BCUT2D eigenvalue weighted by Gasteiger charge is -2.47. The first-order valence-corrected chi connectivity index (χ1v) is 13.8. The van der Waals surface area contributed by atoms with Gasteiger partial charge in [0, 0.05) is 37.8 Å². The van der Waals surface area contributed by atoms with Crippen LogP contribution in [-0.2, 0) is 4.79 Å². The van der Waals surface area contributed by atoms with Gasteiger partial charge in [-0.15, -0.1) is 0 Å². The van der Waals surface area contributed by atoms with Crippen LogP contribution in [0.15, 0.2) is 18.3 Å². The van der Waals surface area contributed by atoms with E-state index in [-0.39, 0.29) is 52.1 Å². The van der Waals surface area contributed by atoms with Gasteiger partial charge >= 0.3 is 5.92 Å². The molecule has 1 aromatic heterocycles. The number of fused-ring (bicyclic) bond motifs is 1. The molecule has 222 valence electrons. The zero-order valence-corrected chi connectivity index (χ0v) is 23.9. The van der Waals surface area contributed by atoms with Crippen molar-refractivity contribution in [1.29, 1.82) is 0 Å². The molecule has 2 aromatic rings. The van der Waals surface area contributed by atoms with Crippen molar-refractivity contribution in [2.24, 2.45) is 0 Å². The molecule has 0 bridgehead atoms. The molecule has 2 amide bonds. The van der Waals surface area contributed by atoms with E-state index in [1.165, 1.54) is 31.3 Å². The minimum Gasteiger partial charge on any atom is -0.495 e. The molecule has 2 N–H and O–H groups in total. The zero-order chi connectivity index (χ0) is 29.7. The summed E-state index contributed by atoms with van der Waals surface area (Å²) in [5, 5.41) is 5.76. The molecular weight excluding hydrogens is 539 g/mol. The predicted molar refractivity (Wildman–Crippen MR) is 149 cm³/mol. The summed E-state index contributed by atoms with van der Waals surface area (Å²) in [5.74, 6) is -5.87. The topological polar surface area (TPSA) is 103 Å². The third-order valence-electron chi connectivity index (χ3n) is 8.08. The quantitative estimate of drug-likeness (QED) is 0.534. The van der Waals surface area contributed by atoms with E-state index in [0.717, 1.165) is 23.8 Å². The van der Waals surface area contributed by atoms with Gasteiger partial charge in [0.15, 0.2) is 5.82 Å². The van der Waals surface area contributed by atoms with E-state index in [4.69, 9.17) is 4.74 Å². The molecule has 3 aliphatic rings. The maximum atomic E-state index is 15.2. The molecule has 3 heterocycles. The van der Waals surface area contributed by atoms with Crippen LogP contribution in [0.5, 0.6) is 5.75 Å². The highest BCUT2D eigenvalue weighted by molar-refractivity contribution is 6.02. The molecule has 0 spiro atoms. The van der Waals surface area contributed by atoms with Crippen molar-refractivity contribution in [1.82, 2.24) is 20.2 Å². The summed E-state index contributed by atoms with van der Waals surface area (Å²) in [6.07, 6.45) is 4.51. The predicted octanol–water partition coefficient (Wildman–Crippen LogP) is 3.94. The van der Waals surface area contributed by atoms with Gasteiger partial charge in [-0.05, 0) is 39.7 Å². The SMILES string of the molecule is COc1cc(C(=O)NC2CN(C(C)(C)C)C2)c(F)cc1Nc1ncc2c(n1)N(C1CCCC1)CC(F)(F)C(=O)N2C. The third-order valence-corrected chi connectivity index (χ3v) is 8.08. The summed E-state index contributed by atoms with van der Waals surface area (Å²) in [7, 11) is 2.66. The van der Waals surface area contributed by atoms with Crippen molar-refractivity contribution in [3.63, 3.8) is 0 Å². The molecule has 0 unspecified atom stereocenters. The standard InChI is InChI=1S/C28H36F3N7O3/c1-27(2,3)37-13-16(14-37)33-24(39)18-10-22(41-5)20(11-19(18)29)34-26-32-12-21-23(35-26)38(17-8-6-7-9-17)15-28(30,31)25(40)36(21)4/h10-12,16-17H,6-9,13-15H2,1-5H3,(H,33,39)(H,32,34,35). The molecule has 5 rings (SSSR count). The first-order chi connectivity index (χ1) is 19.3. The largest absolute Gasteiger partial charge is 0.495 e. The van der Waals surface area contributed by atoms with Gasteiger partial charge in [0.2, 0.25) is 5.95 Å². The third kappa shape index (κ3) is 5.64. The smallest absolute Gasteiger partial charge is 0.342 e. The van der Waals surface area contributed by atoms with Gasteiger partial charge in [0.1, 0.15) is 17.3 Å². The highest BCUT2D eigenvalue weighted by Gasteiger charge is 2.48. The molecule has 2 aliphatic heterocycles. The van der Waals surface area contributed by atoms with Crippen LogP contribution in [0.4, 0.5) is 36.3 Å². The van der Waals surface area contributed by atoms with Crippen LogP contribution >= 0.6 is 0 Å². The minimum atomic E-state index is -3.60. The number of halogens is 3. The summed E-state index contributed by atoms with van der Waals surface area (Å²) in [6.45, 7) is 6.83. The molecule has 1 saturated carbocycles. The van der Waals surface area contributed by atoms with Gasteiger partial charge < -0.3 is 25.2 Å². The molecule has 0 radical (unpaired) electrons. The minimum absolute atomic E-state index is 0.00412. The highest BCUT2D eigenvalue weighted by Crippen LogP contribution is 2.40. The number of carbonyl (C=O) groups is 2. The maximum absolute atomic E-state index is 15.2. The Hall–Kier alpha value is -3.61. The van der Waals surface area contributed by atoms with Gasteiger partial charge in [-0.2, -0.15) is 13.8 Å². The fourth-order valence-electron chi connectivity index (χ4n) is 5.60. The van der Waals surface area contributed by atoms with Crippen LogP contribution in [0.25, 0.3) is 0 Å². The molecule has 13 heteroatoms. The summed E-state index contributed by atoms with van der Waals surface area (Å²) in [5.41, 5.74) is 0.135. The Kier molecular flexibility index (Phi) is 7.51. The lowest BCUT2D eigenvalue weighted by Crippen LogP contribution is -2.64. The van der Waals surface area contributed by atoms with E-state index < -0.39 is 30.1 Å². The average molecular weight is 576 g/mol. The first-order valence-electron chi connectivity index (χ1n) is 13.8. The lowest BCUT2D eigenvalue weighted by molar-refractivity contribution is -0.140. The number of amides is 2. The van der Waals surface area contributed by atoms with Gasteiger partial charge in [-0.25, -0.2) is 9.37 Å². The van der Waals surface area contributed by atoms with E-state index >= 15 is 4.39 Å². The molecule has 1 saturated heterocycles. The van der Waals surface area contributed by atoms with E-state index in [1.54, 1.807) is 0 Å². The number of hydrogen-bond donors (Lipinski definition) is 2. The Morgan fingerprint density at radius 1 is 1.17 bits per heavy atom. The van der Waals surface area contributed by atoms with Crippen molar-refractivity contribution in [3.05, 3.63) is 29.7 Å². The molecule has 1 aliphatic carbocycles. The van der Waals surface area contributed by atoms with E-state index in [2.05, 4.69) is 46.3 Å². The van der Waals surface area contributed by atoms with Gasteiger partial charge in [0.25, 0.3) is 11.8 Å². The van der Waals surface area contributed by atoms with Gasteiger partial charge in [-0.3, -0.25) is 14.5 Å². The number of carbonyl (C=O) groups excluding carboxylic acids is 2. The van der Waals surface area contributed by atoms with Crippen LogP contribution in [0.2, 0.25) is 0 Å². The number of hydrogen-bond acceptors (Lipinski definition) is 8. The maximum Gasteiger partial charge on any atom is 0.342 e. The number of alkyl halides is 2.